The number of rotatable bonds is 9. The van der Waals surface area contributed by atoms with Crippen LogP contribution in [0.4, 0.5) is 0 Å². The third-order valence-electron chi connectivity index (χ3n) is 11.4. The molecular formula is C52H46N4O2. The number of para-hydroxylation sites is 2. The highest BCUT2D eigenvalue weighted by molar-refractivity contribution is 5.75. The molecule has 0 atom stereocenters. The maximum Gasteiger partial charge on any atom is 0.132 e. The van der Waals surface area contributed by atoms with E-state index in [1.54, 1.807) is 0 Å². The molecule has 0 saturated heterocycles. The summed E-state index contributed by atoms with van der Waals surface area (Å²) in [6.45, 7) is 13.2. The lowest BCUT2D eigenvalue weighted by Crippen LogP contribution is -2.35. The summed E-state index contributed by atoms with van der Waals surface area (Å²) in [6, 6.07) is 50.3. The molecule has 1 aliphatic rings. The summed E-state index contributed by atoms with van der Waals surface area (Å²) < 4.78 is 15.4. The largest absolute Gasteiger partial charge is 0.457 e. The average molecular weight is 759 g/mol. The zero-order valence-corrected chi connectivity index (χ0v) is 33.8. The Bertz CT molecular complexity index is 2690. The van der Waals surface area contributed by atoms with Crippen LogP contribution in [0.1, 0.15) is 84.2 Å². The van der Waals surface area contributed by atoms with Gasteiger partial charge in [0.05, 0.1) is 23.0 Å². The molecule has 58 heavy (non-hydrogen) atoms. The van der Waals surface area contributed by atoms with Crippen molar-refractivity contribution < 1.29 is 9.47 Å². The molecule has 2 aromatic heterocycles. The molecular weight excluding hydrogens is 713 g/mol. The number of hydrogen-bond acceptors (Lipinski definition) is 5. The molecule has 3 heterocycles. The maximum absolute atomic E-state index is 6.95. The SMILES string of the molecule is Cc1cccc(C)c1-c1cc(Oc2cccc(C3(c4ccccn4)c4ccccc4Oc4ccccc43)c2)cc(-n2cc(-c3c(C(C)C)cccc3C(C)C)nn2)c1. The fourth-order valence-corrected chi connectivity index (χ4v) is 8.78. The van der Waals surface area contributed by atoms with Crippen molar-refractivity contribution in [3.05, 3.63) is 203 Å². The molecule has 0 radical (unpaired) electrons. The molecule has 0 spiro atoms. The van der Waals surface area contributed by atoms with Gasteiger partial charge in [-0.3, -0.25) is 4.98 Å². The molecule has 0 N–H and O–H groups in total. The third-order valence-corrected chi connectivity index (χ3v) is 11.4. The number of aryl methyl sites for hydroxylation is 2. The molecule has 8 aromatic rings. The first-order valence-electron chi connectivity index (χ1n) is 20.1. The summed E-state index contributed by atoms with van der Waals surface area (Å²) in [5.74, 6) is 3.66. The van der Waals surface area contributed by atoms with E-state index in [2.05, 4.69) is 145 Å². The monoisotopic (exact) mass is 758 g/mol. The van der Waals surface area contributed by atoms with E-state index in [4.69, 9.17) is 24.8 Å². The van der Waals surface area contributed by atoms with Crippen LogP contribution in [0.2, 0.25) is 0 Å². The molecule has 1 aliphatic heterocycles. The van der Waals surface area contributed by atoms with Gasteiger partial charge in [0.15, 0.2) is 0 Å². The Hall–Kier alpha value is -6.79. The van der Waals surface area contributed by atoms with Crippen molar-refractivity contribution in [2.24, 2.45) is 0 Å². The number of pyridine rings is 1. The Morgan fingerprint density at radius 2 is 1.24 bits per heavy atom. The molecule has 0 unspecified atom stereocenters. The van der Waals surface area contributed by atoms with E-state index in [-0.39, 0.29) is 0 Å². The Morgan fingerprint density at radius 1 is 0.603 bits per heavy atom. The van der Waals surface area contributed by atoms with Gasteiger partial charge < -0.3 is 9.47 Å². The highest BCUT2D eigenvalue weighted by Gasteiger charge is 2.46. The molecule has 9 rings (SSSR count). The molecule has 6 aromatic carbocycles. The summed E-state index contributed by atoms with van der Waals surface area (Å²) >= 11 is 0. The maximum atomic E-state index is 6.95. The van der Waals surface area contributed by atoms with Crippen LogP contribution in [0.25, 0.3) is 28.1 Å². The smallest absolute Gasteiger partial charge is 0.132 e. The summed E-state index contributed by atoms with van der Waals surface area (Å²) in [6.07, 6.45) is 3.91. The molecule has 0 amide bonds. The van der Waals surface area contributed by atoms with Crippen molar-refractivity contribution in [3.8, 4) is 51.1 Å². The Labute approximate surface area is 340 Å². The first-order valence-corrected chi connectivity index (χ1v) is 20.1. The predicted molar refractivity (Wildman–Crippen MR) is 233 cm³/mol. The van der Waals surface area contributed by atoms with Gasteiger partial charge >= 0.3 is 0 Å². The van der Waals surface area contributed by atoms with E-state index in [9.17, 15) is 0 Å². The van der Waals surface area contributed by atoms with E-state index < -0.39 is 5.41 Å². The fourth-order valence-electron chi connectivity index (χ4n) is 8.78. The average Bonchev–Trinajstić information content (AvgIpc) is 3.73. The fraction of sp³-hybridized carbons (Fsp3) is 0.173. The van der Waals surface area contributed by atoms with Crippen molar-refractivity contribution >= 4 is 0 Å². The number of benzene rings is 6. The first-order chi connectivity index (χ1) is 28.2. The van der Waals surface area contributed by atoms with Crippen LogP contribution in [0.5, 0.6) is 23.0 Å². The van der Waals surface area contributed by atoms with Gasteiger partial charge in [0.25, 0.3) is 0 Å². The third kappa shape index (κ3) is 6.35. The van der Waals surface area contributed by atoms with E-state index in [1.165, 1.54) is 27.8 Å². The van der Waals surface area contributed by atoms with Crippen molar-refractivity contribution in [3.63, 3.8) is 0 Å². The van der Waals surface area contributed by atoms with Crippen LogP contribution in [-0.4, -0.2) is 20.0 Å². The van der Waals surface area contributed by atoms with E-state index >= 15 is 0 Å². The standard InChI is InChI=1S/C52H46N4O2/c1-33(2)42-20-15-21-43(34(3)4)51(42)46-32-56(55-54-46)39-28-37(50-35(5)16-13-17-36(50)6)29-41(31-39)57-40-19-14-18-38(30-40)52(49-26-11-12-27-53-49)44-22-7-9-24-47(44)58-48-25-10-8-23-45(48)52/h7-34H,1-6H3. The highest BCUT2D eigenvalue weighted by Crippen LogP contribution is 2.55. The van der Waals surface area contributed by atoms with Crippen LogP contribution >= 0.6 is 0 Å². The zero-order valence-electron chi connectivity index (χ0n) is 33.8. The first kappa shape index (κ1) is 36.8. The summed E-state index contributed by atoms with van der Waals surface area (Å²) in [7, 11) is 0. The van der Waals surface area contributed by atoms with Gasteiger partial charge in [0.2, 0.25) is 0 Å². The number of ether oxygens (including phenoxy) is 2. The molecule has 286 valence electrons. The topological polar surface area (TPSA) is 62.1 Å². The lowest BCUT2D eigenvalue weighted by atomic mass is 9.65. The van der Waals surface area contributed by atoms with Gasteiger partial charge in [0.1, 0.15) is 28.7 Å². The number of aromatic nitrogens is 4. The number of fused-ring (bicyclic) bond motifs is 2. The lowest BCUT2D eigenvalue weighted by molar-refractivity contribution is 0.431. The van der Waals surface area contributed by atoms with Crippen LogP contribution in [-0.2, 0) is 5.41 Å². The van der Waals surface area contributed by atoms with E-state index in [0.717, 1.165) is 56.4 Å². The minimum absolute atomic E-state index is 0.335. The van der Waals surface area contributed by atoms with Crippen LogP contribution in [0.3, 0.4) is 0 Å². The van der Waals surface area contributed by atoms with Crippen molar-refractivity contribution in [2.75, 3.05) is 0 Å². The highest BCUT2D eigenvalue weighted by atomic mass is 16.5. The Morgan fingerprint density at radius 3 is 1.90 bits per heavy atom. The second-order valence-corrected chi connectivity index (χ2v) is 15.8. The number of nitrogens with zero attached hydrogens (tertiary/aromatic N) is 4. The van der Waals surface area contributed by atoms with Gasteiger partial charge in [-0.15, -0.1) is 5.10 Å². The molecule has 0 fully saturated rings. The van der Waals surface area contributed by atoms with Gasteiger partial charge in [-0.1, -0.05) is 124 Å². The van der Waals surface area contributed by atoms with Crippen molar-refractivity contribution in [2.45, 2.75) is 58.8 Å². The Kier molecular flexibility index (Phi) is 9.49. The Balaban J connectivity index is 1.19. The second-order valence-electron chi connectivity index (χ2n) is 15.8. The summed E-state index contributed by atoms with van der Waals surface area (Å²) in [5, 5.41) is 9.54. The van der Waals surface area contributed by atoms with E-state index in [1.807, 2.05) is 59.4 Å². The van der Waals surface area contributed by atoms with E-state index in [0.29, 0.717) is 23.3 Å². The van der Waals surface area contributed by atoms with Gasteiger partial charge in [-0.25, -0.2) is 4.68 Å². The van der Waals surface area contributed by atoms with Crippen LogP contribution in [0.15, 0.2) is 158 Å². The second kappa shape index (κ2) is 14.9. The zero-order chi connectivity index (χ0) is 40.0. The quantitative estimate of drug-likeness (QED) is 0.147. The minimum atomic E-state index is -0.768. The van der Waals surface area contributed by atoms with Crippen molar-refractivity contribution in [1.29, 1.82) is 0 Å². The van der Waals surface area contributed by atoms with Gasteiger partial charge in [-0.2, -0.15) is 0 Å². The van der Waals surface area contributed by atoms with Gasteiger partial charge in [0, 0.05) is 29.0 Å². The lowest BCUT2D eigenvalue weighted by Gasteiger charge is -2.40. The molecule has 0 aliphatic carbocycles. The van der Waals surface area contributed by atoms with Gasteiger partial charge in [-0.05, 0) is 113 Å². The molecule has 0 bridgehead atoms. The summed E-state index contributed by atoms with van der Waals surface area (Å²) in [4.78, 5) is 5.01. The van der Waals surface area contributed by atoms with Crippen LogP contribution < -0.4 is 9.47 Å². The molecule has 0 saturated carbocycles. The molecule has 6 heteroatoms. The van der Waals surface area contributed by atoms with Crippen LogP contribution in [0, 0.1) is 13.8 Å². The minimum Gasteiger partial charge on any atom is -0.457 e. The molecule has 6 nitrogen and oxygen atoms in total. The normalized spacial score (nSPS) is 12.9. The summed E-state index contributed by atoms with van der Waals surface area (Å²) in [5.41, 5.74) is 13.2. The number of hydrogen-bond donors (Lipinski definition) is 0. The predicted octanol–water partition coefficient (Wildman–Crippen LogP) is 13.1. The van der Waals surface area contributed by atoms with Crippen molar-refractivity contribution in [1.82, 2.24) is 20.0 Å².